The fraction of sp³-hybridized carbons (Fsp3) is 1.00. The van der Waals surface area contributed by atoms with Gasteiger partial charge in [-0.2, -0.15) is 0 Å². The van der Waals surface area contributed by atoms with E-state index in [0.717, 1.165) is 19.4 Å². The lowest BCUT2D eigenvalue weighted by Crippen LogP contribution is -2.34. The first-order chi connectivity index (χ1) is 8.34. The Morgan fingerprint density at radius 1 is 1.06 bits per heavy atom. The predicted molar refractivity (Wildman–Crippen MR) is 74.3 cm³/mol. The maximum Gasteiger partial charge on any atom is 0.0693 e. The Kier molecular flexibility index (Phi) is 8.72. The fourth-order valence-electron chi connectivity index (χ4n) is 2.73. The third-order valence-corrected chi connectivity index (χ3v) is 3.92. The number of hydrogen-bond donors (Lipinski definition) is 2. The molecule has 0 radical (unpaired) electrons. The van der Waals surface area contributed by atoms with E-state index < -0.39 is 0 Å². The molecule has 0 saturated carbocycles. The molecule has 2 heteroatoms. The normalized spacial score (nSPS) is 21.9. The predicted octanol–water partition coefficient (Wildman–Crippen LogP) is 3.63. The minimum atomic E-state index is -0.0995. The second-order valence-electron chi connectivity index (χ2n) is 5.53. The highest BCUT2D eigenvalue weighted by molar-refractivity contribution is 4.80. The Bertz CT molecular complexity index is 166. The van der Waals surface area contributed by atoms with Gasteiger partial charge in [0, 0.05) is 6.04 Å². The molecule has 1 saturated heterocycles. The molecule has 17 heavy (non-hydrogen) atoms. The van der Waals surface area contributed by atoms with Crippen molar-refractivity contribution in [3.8, 4) is 0 Å². The summed E-state index contributed by atoms with van der Waals surface area (Å²) in [4.78, 5) is 0. The van der Waals surface area contributed by atoms with Crippen LogP contribution in [-0.2, 0) is 0 Å². The zero-order valence-corrected chi connectivity index (χ0v) is 11.6. The number of aliphatic hydroxyl groups excluding tert-OH is 1. The van der Waals surface area contributed by atoms with Crippen molar-refractivity contribution in [2.24, 2.45) is 0 Å². The van der Waals surface area contributed by atoms with E-state index in [9.17, 15) is 5.11 Å². The molecule has 102 valence electrons. The minimum Gasteiger partial charge on any atom is -0.392 e. The lowest BCUT2D eigenvalue weighted by atomic mass is 10.0. The highest BCUT2D eigenvalue weighted by Crippen LogP contribution is 2.15. The van der Waals surface area contributed by atoms with E-state index in [1.807, 2.05) is 0 Å². The molecule has 2 N–H and O–H groups in total. The molecule has 0 aliphatic carbocycles. The molecule has 1 aliphatic heterocycles. The Labute approximate surface area is 107 Å². The summed E-state index contributed by atoms with van der Waals surface area (Å²) < 4.78 is 0. The van der Waals surface area contributed by atoms with Gasteiger partial charge in [0.15, 0.2) is 0 Å². The van der Waals surface area contributed by atoms with Gasteiger partial charge in [-0.3, -0.25) is 0 Å². The summed E-state index contributed by atoms with van der Waals surface area (Å²) in [7, 11) is 0. The van der Waals surface area contributed by atoms with Crippen LogP contribution in [0.3, 0.4) is 0 Å². The molecule has 1 rings (SSSR count). The maximum atomic E-state index is 9.96. The van der Waals surface area contributed by atoms with Crippen molar-refractivity contribution in [1.29, 1.82) is 0 Å². The first-order valence-electron chi connectivity index (χ1n) is 7.76. The van der Waals surface area contributed by atoms with Crippen molar-refractivity contribution < 1.29 is 5.11 Å². The fourth-order valence-corrected chi connectivity index (χ4v) is 2.73. The minimum absolute atomic E-state index is 0.0995. The average Bonchev–Trinajstić information content (AvgIpc) is 2.86. The third kappa shape index (κ3) is 7.05. The molecule has 2 atom stereocenters. The summed E-state index contributed by atoms with van der Waals surface area (Å²) in [6.45, 7) is 3.36. The quantitative estimate of drug-likeness (QED) is 0.572. The van der Waals surface area contributed by atoms with E-state index in [4.69, 9.17) is 0 Å². The van der Waals surface area contributed by atoms with Gasteiger partial charge in [0.05, 0.1) is 6.10 Å². The van der Waals surface area contributed by atoms with Crippen molar-refractivity contribution in [2.45, 2.75) is 89.7 Å². The molecule has 0 aromatic rings. The van der Waals surface area contributed by atoms with Crippen molar-refractivity contribution in [3.63, 3.8) is 0 Å². The molecular formula is C15H31NO. The summed E-state index contributed by atoms with van der Waals surface area (Å²) in [5.74, 6) is 0. The molecule has 0 aromatic heterocycles. The number of hydrogen-bond acceptors (Lipinski definition) is 2. The first-order valence-corrected chi connectivity index (χ1v) is 7.76. The van der Waals surface area contributed by atoms with Crippen LogP contribution in [0.25, 0.3) is 0 Å². The van der Waals surface area contributed by atoms with Crippen LogP contribution in [0.2, 0.25) is 0 Å². The summed E-state index contributed by atoms with van der Waals surface area (Å²) >= 11 is 0. The van der Waals surface area contributed by atoms with E-state index in [2.05, 4.69) is 12.2 Å². The summed E-state index contributed by atoms with van der Waals surface area (Å²) in [5, 5.41) is 13.3. The lowest BCUT2D eigenvalue weighted by molar-refractivity contribution is 0.123. The van der Waals surface area contributed by atoms with E-state index >= 15 is 0 Å². The molecule has 0 amide bonds. The van der Waals surface area contributed by atoms with Crippen molar-refractivity contribution >= 4 is 0 Å². The van der Waals surface area contributed by atoms with Gasteiger partial charge < -0.3 is 10.4 Å². The van der Waals surface area contributed by atoms with Crippen LogP contribution < -0.4 is 5.32 Å². The second-order valence-corrected chi connectivity index (χ2v) is 5.53. The van der Waals surface area contributed by atoms with Crippen LogP contribution in [0.5, 0.6) is 0 Å². The molecular weight excluding hydrogens is 210 g/mol. The van der Waals surface area contributed by atoms with E-state index in [1.165, 1.54) is 57.8 Å². The van der Waals surface area contributed by atoms with Crippen LogP contribution in [0.1, 0.15) is 77.6 Å². The largest absolute Gasteiger partial charge is 0.392 e. The molecule has 0 aromatic carbocycles. The summed E-state index contributed by atoms with van der Waals surface area (Å²) in [6.07, 6.45) is 14.1. The number of unbranched alkanes of at least 4 members (excludes halogenated alkanes) is 7. The van der Waals surface area contributed by atoms with Crippen molar-refractivity contribution in [1.82, 2.24) is 5.32 Å². The topological polar surface area (TPSA) is 32.3 Å². The van der Waals surface area contributed by atoms with Gasteiger partial charge in [-0.25, -0.2) is 0 Å². The molecule has 0 spiro atoms. The molecule has 1 heterocycles. The molecule has 1 fully saturated rings. The third-order valence-electron chi connectivity index (χ3n) is 3.92. The van der Waals surface area contributed by atoms with Crippen molar-refractivity contribution in [2.75, 3.05) is 6.54 Å². The van der Waals surface area contributed by atoms with Crippen LogP contribution in [-0.4, -0.2) is 23.8 Å². The molecule has 2 nitrogen and oxygen atoms in total. The maximum absolute atomic E-state index is 9.96. The Hall–Kier alpha value is -0.0800. The molecule has 1 aliphatic rings. The van der Waals surface area contributed by atoms with Gasteiger partial charge in [-0.1, -0.05) is 58.3 Å². The van der Waals surface area contributed by atoms with Crippen LogP contribution in [0, 0.1) is 0 Å². The first kappa shape index (κ1) is 15.0. The zero-order valence-electron chi connectivity index (χ0n) is 11.6. The van der Waals surface area contributed by atoms with Gasteiger partial charge in [0.25, 0.3) is 0 Å². The second kappa shape index (κ2) is 9.90. The van der Waals surface area contributed by atoms with E-state index in [1.54, 1.807) is 0 Å². The van der Waals surface area contributed by atoms with Gasteiger partial charge in [-0.15, -0.1) is 0 Å². The smallest absolute Gasteiger partial charge is 0.0693 e. The number of rotatable bonds is 10. The van der Waals surface area contributed by atoms with Crippen LogP contribution in [0.4, 0.5) is 0 Å². The number of aliphatic hydroxyl groups is 1. The van der Waals surface area contributed by atoms with Gasteiger partial charge >= 0.3 is 0 Å². The van der Waals surface area contributed by atoms with Crippen molar-refractivity contribution in [3.05, 3.63) is 0 Å². The SMILES string of the molecule is CCCCCCCCCCC(O)C1CCCN1. The zero-order chi connectivity index (χ0) is 12.3. The van der Waals surface area contributed by atoms with Crippen LogP contribution in [0.15, 0.2) is 0 Å². The van der Waals surface area contributed by atoms with Crippen LogP contribution >= 0.6 is 0 Å². The summed E-state index contributed by atoms with van der Waals surface area (Å²) in [5.41, 5.74) is 0. The average molecular weight is 241 g/mol. The summed E-state index contributed by atoms with van der Waals surface area (Å²) in [6, 6.07) is 0.388. The Balaban J connectivity index is 1.83. The van der Waals surface area contributed by atoms with E-state index in [-0.39, 0.29) is 6.10 Å². The van der Waals surface area contributed by atoms with Gasteiger partial charge in [0.1, 0.15) is 0 Å². The monoisotopic (exact) mass is 241 g/mol. The highest BCUT2D eigenvalue weighted by atomic mass is 16.3. The van der Waals surface area contributed by atoms with E-state index in [0.29, 0.717) is 6.04 Å². The Morgan fingerprint density at radius 3 is 2.29 bits per heavy atom. The van der Waals surface area contributed by atoms with Gasteiger partial charge in [-0.05, 0) is 25.8 Å². The highest BCUT2D eigenvalue weighted by Gasteiger charge is 2.21. The standard InChI is InChI=1S/C15H31NO/c1-2-3-4-5-6-7-8-9-12-15(17)14-11-10-13-16-14/h14-17H,2-13H2,1H3. The van der Waals surface area contributed by atoms with Gasteiger partial charge in [0.2, 0.25) is 0 Å². The lowest BCUT2D eigenvalue weighted by Gasteiger charge is -2.17. The Morgan fingerprint density at radius 2 is 1.71 bits per heavy atom. The molecule has 2 unspecified atom stereocenters. The molecule has 0 bridgehead atoms. The number of nitrogens with one attached hydrogen (secondary N) is 1.